The number of alkyl halides is 1. The molecule has 17 heavy (non-hydrogen) atoms. The predicted molar refractivity (Wildman–Crippen MR) is 76.6 cm³/mol. The van der Waals surface area contributed by atoms with Crippen molar-refractivity contribution in [3.8, 4) is 0 Å². The van der Waals surface area contributed by atoms with Gasteiger partial charge in [-0.25, -0.2) is 4.67 Å². The van der Waals surface area contributed by atoms with Gasteiger partial charge in [-0.1, -0.05) is 44.2 Å². The number of rotatable bonds is 7. The minimum atomic E-state index is -2.60. The molecular weight excluding hydrogens is 253 g/mol. The van der Waals surface area contributed by atoms with Gasteiger partial charge in [0, 0.05) is 18.4 Å². The van der Waals surface area contributed by atoms with Crippen molar-refractivity contribution in [2.45, 2.75) is 26.7 Å². The van der Waals surface area contributed by atoms with Gasteiger partial charge in [0.15, 0.2) is 7.29 Å². The van der Waals surface area contributed by atoms with E-state index < -0.39 is 7.29 Å². The van der Waals surface area contributed by atoms with Crippen LogP contribution >= 0.6 is 18.9 Å². The van der Waals surface area contributed by atoms with Crippen molar-refractivity contribution in [1.29, 1.82) is 0 Å². The molecule has 4 heteroatoms. The molecule has 0 amide bonds. The highest BCUT2D eigenvalue weighted by Crippen LogP contribution is 2.49. The molecule has 2 nitrogen and oxygen atoms in total. The Kier molecular flexibility index (Phi) is 6.26. The van der Waals surface area contributed by atoms with Crippen LogP contribution in [0.1, 0.15) is 26.7 Å². The van der Waals surface area contributed by atoms with E-state index in [9.17, 15) is 4.57 Å². The topological polar surface area (TPSA) is 20.3 Å². The Morgan fingerprint density at radius 1 is 1.12 bits per heavy atom. The molecule has 0 spiro atoms. The van der Waals surface area contributed by atoms with Crippen LogP contribution in [0.4, 0.5) is 0 Å². The fourth-order valence-corrected chi connectivity index (χ4v) is 5.09. The maximum Gasteiger partial charge on any atom is 0.192 e. The second-order valence-electron chi connectivity index (χ2n) is 4.11. The number of hydrogen-bond donors (Lipinski definition) is 0. The summed E-state index contributed by atoms with van der Waals surface area (Å²) in [4.78, 5) is 0. The van der Waals surface area contributed by atoms with Crippen LogP contribution in [0, 0.1) is 0 Å². The largest absolute Gasteiger partial charge is 0.300 e. The highest BCUT2D eigenvalue weighted by molar-refractivity contribution is 7.70. The van der Waals surface area contributed by atoms with E-state index in [0.29, 0.717) is 0 Å². The first kappa shape index (κ1) is 14.8. The second kappa shape index (κ2) is 7.20. The summed E-state index contributed by atoms with van der Waals surface area (Å²) in [7, 11) is -2.60. The van der Waals surface area contributed by atoms with Gasteiger partial charge in [-0.3, -0.25) is 0 Å². The first-order valence-electron chi connectivity index (χ1n) is 6.15. The monoisotopic (exact) mass is 273 g/mol. The molecule has 0 N–H and O–H groups in total. The molecule has 0 aliphatic carbocycles. The Balaban J connectivity index is 3.04. The summed E-state index contributed by atoms with van der Waals surface area (Å²) in [5.74, 6) is 0. The number of halogens is 1. The molecule has 96 valence electrons. The van der Waals surface area contributed by atoms with Crippen molar-refractivity contribution in [3.63, 3.8) is 0 Å². The van der Waals surface area contributed by atoms with Crippen LogP contribution < -0.4 is 5.30 Å². The predicted octanol–water partition coefficient (Wildman–Crippen LogP) is 3.91. The van der Waals surface area contributed by atoms with Crippen LogP contribution in [-0.4, -0.2) is 23.4 Å². The van der Waals surface area contributed by atoms with Crippen LogP contribution in [0.5, 0.6) is 0 Å². The van der Waals surface area contributed by atoms with E-state index in [-0.39, 0.29) is 5.62 Å². The fourth-order valence-electron chi connectivity index (χ4n) is 1.92. The van der Waals surface area contributed by atoms with Crippen LogP contribution in [0.15, 0.2) is 30.3 Å². The minimum Gasteiger partial charge on any atom is -0.300 e. The van der Waals surface area contributed by atoms with Crippen molar-refractivity contribution >= 4 is 24.2 Å². The Hall–Kier alpha value is -0.300. The van der Waals surface area contributed by atoms with Gasteiger partial charge in [-0.15, -0.1) is 11.6 Å². The molecule has 1 atom stereocenters. The molecule has 0 radical (unpaired) electrons. The Bertz CT molecular complexity index is 363. The lowest BCUT2D eigenvalue weighted by Crippen LogP contribution is -2.28. The van der Waals surface area contributed by atoms with Gasteiger partial charge in [0.2, 0.25) is 0 Å². The molecule has 0 aromatic heterocycles. The smallest absolute Gasteiger partial charge is 0.192 e. The van der Waals surface area contributed by atoms with E-state index in [1.54, 1.807) is 0 Å². The molecule has 0 aliphatic heterocycles. The zero-order chi connectivity index (χ0) is 12.7. The van der Waals surface area contributed by atoms with E-state index in [4.69, 9.17) is 11.6 Å². The normalized spacial score (nSPS) is 14.8. The lowest BCUT2D eigenvalue weighted by atomic mass is 10.4. The Morgan fingerprint density at radius 3 is 2.06 bits per heavy atom. The third-order valence-corrected chi connectivity index (χ3v) is 6.46. The third kappa shape index (κ3) is 3.58. The lowest BCUT2D eigenvalue weighted by molar-refractivity contribution is 0.416. The van der Waals surface area contributed by atoms with Crippen molar-refractivity contribution in [3.05, 3.63) is 30.3 Å². The van der Waals surface area contributed by atoms with E-state index >= 15 is 0 Å². The molecule has 1 aromatic rings. The zero-order valence-electron chi connectivity index (χ0n) is 10.6. The molecule has 0 saturated carbocycles. The third-order valence-electron chi connectivity index (χ3n) is 2.74. The molecule has 0 bridgehead atoms. The molecule has 1 aromatic carbocycles. The van der Waals surface area contributed by atoms with E-state index in [0.717, 1.165) is 31.2 Å². The highest BCUT2D eigenvalue weighted by atomic mass is 35.5. The summed E-state index contributed by atoms with van der Waals surface area (Å²) in [5.41, 5.74) is 0.191. The average Bonchev–Trinajstić information content (AvgIpc) is 2.38. The number of hydrogen-bond acceptors (Lipinski definition) is 1. The standard InChI is InChI=1S/C13H21ClNOP/c1-3-10-15(11-4-2)17(16,12-14)13-8-6-5-7-9-13/h5-9H,3-4,10-12H2,1-2H3. The maximum atomic E-state index is 13.1. The lowest BCUT2D eigenvalue weighted by Gasteiger charge is -2.30. The van der Waals surface area contributed by atoms with Gasteiger partial charge < -0.3 is 4.57 Å². The second-order valence-corrected chi connectivity index (χ2v) is 7.55. The van der Waals surface area contributed by atoms with Gasteiger partial charge in [0.25, 0.3) is 0 Å². The van der Waals surface area contributed by atoms with Crippen molar-refractivity contribution in [1.82, 2.24) is 4.67 Å². The molecule has 1 unspecified atom stereocenters. The molecule has 0 fully saturated rings. The highest BCUT2D eigenvalue weighted by Gasteiger charge is 2.30. The van der Waals surface area contributed by atoms with Gasteiger partial charge >= 0.3 is 0 Å². The SMILES string of the molecule is CCCN(CCC)P(=O)(CCl)c1ccccc1. The van der Waals surface area contributed by atoms with Gasteiger partial charge in [-0.05, 0) is 12.8 Å². The van der Waals surface area contributed by atoms with Crippen LogP contribution in [0.2, 0.25) is 0 Å². The number of benzene rings is 1. The van der Waals surface area contributed by atoms with Gasteiger partial charge in [-0.2, -0.15) is 0 Å². The van der Waals surface area contributed by atoms with Crippen LogP contribution in [0.3, 0.4) is 0 Å². The zero-order valence-corrected chi connectivity index (χ0v) is 12.3. The summed E-state index contributed by atoms with van der Waals surface area (Å²) >= 11 is 6.00. The molecular formula is C13H21ClNOP. The summed E-state index contributed by atoms with van der Waals surface area (Å²) in [6.45, 7) is 5.89. The quantitative estimate of drug-likeness (QED) is 0.555. The molecule has 1 rings (SSSR count). The van der Waals surface area contributed by atoms with Gasteiger partial charge in [0.05, 0.1) is 5.62 Å². The maximum absolute atomic E-state index is 13.1. The van der Waals surface area contributed by atoms with E-state index in [1.807, 2.05) is 30.3 Å². The first-order valence-corrected chi connectivity index (χ1v) is 8.53. The summed E-state index contributed by atoms with van der Waals surface area (Å²) < 4.78 is 15.1. The molecule has 0 aliphatic rings. The summed E-state index contributed by atoms with van der Waals surface area (Å²) in [6, 6.07) is 9.62. The van der Waals surface area contributed by atoms with Crippen molar-refractivity contribution in [2.75, 3.05) is 18.7 Å². The minimum absolute atomic E-state index is 0.191. The average molecular weight is 274 g/mol. The van der Waals surface area contributed by atoms with Crippen LogP contribution in [0.25, 0.3) is 0 Å². The molecule has 0 heterocycles. The Morgan fingerprint density at radius 2 is 1.65 bits per heavy atom. The van der Waals surface area contributed by atoms with Crippen LogP contribution in [-0.2, 0) is 4.57 Å². The fraction of sp³-hybridized carbons (Fsp3) is 0.538. The number of nitrogens with zero attached hydrogens (tertiary/aromatic N) is 1. The molecule has 0 saturated heterocycles. The van der Waals surface area contributed by atoms with Crippen molar-refractivity contribution < 1.29 is 4.57 Å². The van der Waals surface area contributed by atoms with Crippen molar-refractivity contribution in [2.24, 2.45) is 0 Å². The summed E-state index contributed by atoms with van der Waals surface area (Å²) in [5, 5.41) is 0.872. The van der Waals surface area contributed by atoms with E-state index in [1.165, 1.54) is 0 Å². The first-order chi connectivity index (χ1) is 8.19. The summed E-state index contributed by atoms with van der Waals surface area (Å²) in [6.07, 6.45) is 1.99. The van der Waals surface area contributed by atoms with Gasteiger partial charge in [0.1, 0.15) is 0 Å². The Labute approximate surface area is 109 Å². The van der Waals surface area contributed by atoms with E-state index in [2.05, 4.69) is 18.5 Å².